The van der Waals surface area contributed by atoms with Crippen molar-refractivity contribution in [1.29, 1.82) is 0 Å². The average molecular weight is 584 g/mol. The summed E-state index contributed by atoms with van der Waals surface area (Å²) in [5.74, 6) is 0. The second-order valence-electron chi connectivity index (χ2n) is 11.5. The van der Waals surface area contributed by atoms with Crippen LogP contribution in [0.15, 0.2) is 152 Å². The molecule has 1 aliphatic rings. The molecule has 8 heteroatoms. The molecule has 6 rings (SSSR count). The van der Waals surface area contributed by atoms with Gasteiger partial charge in [0.25, 0.3) is 0 Å². The van der Waals surface area contributed by atoms with Gasteiger partial charge in [-0.15, -0.1) is 0 Å². The molecule has 214 valence electrons. The second-order valence-corrected chi connectivity index (χ2v) is 13.3. The van der Waals surface area contributed by atoms with E-state index < -0.39 is 34.5 Å². The van der Waals surface area contributed by atoms with Gasteiger partial charge in [-0.3, -0.25) is 0 Å². The minimum absolute atomic E-state index is 0.679. The molecule has 1 fully saturated rings. The fourth-order valence-corrected chi connectivity index (χ4v) is 8.02. The Bertz CT molecular complexity index is 1440. The van der Waals surface area contributed by atoms with Crippen LogP contribution in [0.5, 0.6) is 0 Å². The summed E-state index contributed by atoms with van der Waals surface area (Å²) in [7, 11) is -5.71. The normalized spacial score (nSPS) is 15.3. The zero-order valence-corrected chi connectivity index (χ0v) is 25.6. The van der Waals surface area contributed by atoms with E-state index in [1.807, 2.05) is 136 Å². The van der Waals surface area contributed by atoms with E-state index in [1.165, 1.54) is 0 Å². The summed E-state index contributed by atoms with van der Waals surface area (Å²) in [6, 6.07) is 50.2. The van der Waals surface area contributed by atoms with E-state index in [0.29, 0.717) is 0 Å². The number of benzene rings is 5. The van der Waals surface area contributed by atoms with E-state index in [4.69, 9.17) is 22.1 Å². The maximum absolute atomic E-state index is 7.50. The largest absolute Gasteiger partial charge is 0.654 e. The first-order chi connectivity index (χ1) is 20.9. The smallest absolute Gasteiger partial charge is 0.444 e. The van der Waals surface area contributed by atoms with Gasteiger partial charge in [0.15, 0.2) is 0 Å². The van der Waals surface area contributed by atoms with Crippen LogP contribution >= 0.6 is 0 Å². The van der Waals surface area contributed by atoms with Crippen LogP contribution < -0.4 is 10.9 Å². The quantitative estimate of drug-likeness (QED) is 0.163. The first kappa shape index (κ1) is 29.3. The Hall–Kier alpha value is -3.75. The molecule has 0 atom stereocenters. The lowest BCUT2D eigenvalue weighted by molar-refractivity contribution is -0.0692. The van der Waals surface area contributed by atoms with Crippen molar-refractivity contribution in [2.45, 2.75) is 32.0 Å². The van der Waals surface area contributed by atoms with Crippen LogP contribution in [0.3, 0.4) is 0 Å². The van der Waals surface area contributed by atoms with Crippen LogP contribution in [-0.4, -0.2) is 28.9 Å². The van der Waals surface area contributed by atoms with Crippen LogP contribution in [0.1, 0.15) is 37.5 Å². The number of rotatable bonds is 8. The van der Waals surface area contributed by atoms with Gasteiger partial charge >= 0.3 is 23.3 Å². The van der Waals surface area contributed by atoms with Gasteiger partial charge in [-0.05, 0) is 48.4 Å². The third-order valence-corrected chi connectivity index (χ3v) is 9.57. The lowest BCUT2D eigenvalue weighted by Crippen LogP contribution is -2.70. The summed E-state index contributed by atoms with van der Waals surface area (Å²) >= 11 is 0. The first-order valence-electron chi connectivity index (χ1n) is 14.5. The molecule has 0 aromatic heterocycles. The zero-order valence-electron chi connectivity index (χ0n) is 24.6. The lowest BCUT2D eigenvalue weighted by Gasteiger charge is -2.47. The molecule has 0 bridgehead atoms. The Morgan fingerprint density at radius 3 is 1.12 bits per heavy atom. The predicted molar refractivity (Wildman–Crippen MR) is 174 cm³/mol. The first-order valence-corrected chi connectivity index (χ1v) is 16.2. The molecule has 5 aromatic rings. The van der Waals surface area contributed by atoms with E-state index in [0.717, 1.165) is 27.6 Å². The SMILES string of the molecule is CC(C)(C)O[Si]1(OC(c2ccccc2)(c2ccccc2)c2ccccc2)OB(c2ccccc2)OB(c2ccccc2)O1. The van der Waals surface area contributed by atoms with E-state index in [9.17, 15) is 0 Å². The van der Waals surface area contributed by atoms with Crippen LogP contribution in [-0.2, 0) is 27.7 Å². The molecule has 0 radical (unpaired) electrons. The van der Waals surface area contributed by atoms with E-state index >= 15 is 0 Å². The summed E-state index contributed by atoms with van der Waals surface area (Å²) in [4.78, 5) is 0. The minimum atomic E-state index is -4.12. The van der Waals surface area contributed by atoms with Crippen molar-refractivity contribution in [3.8, 4) is 0 Å². The number of hydrogen-bond donors (Lipinski definition) is 0. The van der Waals surface area contributed by atoms with Gasteiger partial charge in [-0.25, -0.2) is 0 Å². The monoisotopic (exact) mass is 584 g/mol. The minimum Gasteiger partial charge on any atom is -0.444 e. The van der Waals surface area contributed by atoms with Gasteiger partial charge < -0.3 is 22.1 Å². The molecule has 0 spiro atoms. The Balaban J connectivity index is 1.59. The molecule has 1 aliphatic heterocycles. The highest BCUT2D eigenvalue weighted by Gasteiger charge is 2.63. The fourth-order valence-electron chi connectivity index (χ4n) is 5.35. The van der Waals surface area contributed by atoms with Crippen molar-refractivity contribution in [2.24, 2.45) is 0 Å². The Morgan fingerprint density at radius 2 is 0.791 bits per heavy atom. The summed E-state index contributed by atoms with van der Waals surface area (Å²) < 4.78 is 34.6. The van der Waals surface area contributed by atoms with Gasteiger partial charge in [-0.1, -0.05) is 152 Å². The number of hydrogen-bond acceptors (Lipinski definition) is 5. The molecule has 0 unspecified atom stereocenters. The zero-order chi connectivity index (χ0) is 29.8. The summed E-state index contributed by atoms with van der Waals surface area (Å²) in [5, 5.41) is 0. The van der Waals surface area contributed by atoms with E-state index in [-0.39, 0.29) is 0 Å². The molecule has 43 heavy (non-hydrogen) atoms. The average Bonchev–Trinajstić information content (AvgIpc) is 3.05. The molecule has 5 nitrogen and oxygen atoms in total. The van der Waals surface area contributed by atoms with Crippen LogP contribution in [0, 0.1) is 0 Å². The molecule has 0 aliphatic carbocycles. The highest BCUT2D eigenvalue weighted by molar-refractivity contribution is 6.86. The van der Waals surface area contributed by atoms with Crippen molar-refractivity contribution in [3.05, 3.63) is 168 Å². The Kier molecular flexibility index (Phi) is 8.50. The third-order valence-electron chi connectivity index (χ3n) is 7.14. The molecule has 0 amide bonds. The van der Waals surface area contributed by atoms with Gasteiger partial charge in [0.2, 0.25) is 0 Å². The fraction of sp³-hybridized carbons (Fsp3) is 0.143. The van der Waals surface area contributed by atoms with E-state index in [1.54, 1.807) is 0 Å². The maximum Gasteiger partial charge on any atom is 0.654 e. The third kappa shape index (κ3) is 6.45. The Labute approximate surface area is 256 Å². The standard InChI is InChI=1S/C35H34B2O5Si/c1-34(2,3)38-43(41-36(32-25-15-7-16-26-32)40-37(42-43)33-27-17-8-18-28-33)39-35(29-19-9-4-10-20-29,30-21-11-5-12-22-30)31-23-13-6-14-24-31/h4-28H,1-3H3. The molecule has 1 saturated heterocycles. The molecule has 5 aromatic carbocycles. The highest BCUT2D eigenvalue weighted by Crippen LogP contribution is 2.44. The summed E-state index contributed by atoms with van der Waals surface area (Å²) in [6.45, 7) is 5.95. The van der Waals surface area contributed by atoms with Gasteiger partial charge in [0.1, 0.15) is 5.60 Å². The summed E-state index contributed by atoms with van der Waals surface area (Å²) in [6.07, 6.45) is 0. The van der Waals surface area contributed by atoms with Crippen LogP contribution in [0.4, 0.5) is 0 Å². The van der Waals surface area contributed by atoms with Gasteiger partial charge in [0, 0.05) is 0 Å². The predicted octanol–water partition coefficient (Wildman–Crippen LogP) is 6.10. The molecule has 0 N–H and O–H groups in total. The second kappa shape index (κ2) is 12.5. The van der Waals surface area contributed by atoms with Crippen molar-refractivity contribution >= 4 is 34.2 Å². The molecular formula is C35H34B2O5Si. The molecular weight excluding hydrogens is 550 g/mol. The molecule has 1 heterocycles. The van der Waals surface area contributed by atoms with Crippen molar-refractivity contribution in [1.82, 2.24) is 0 Å². The van der Waals surface area contributed by atoms with Crippen molar-refractivity contribution < 1.29 is 22.1 Å². The maximum atomic E-state index is 7.50. The lowest BCUT2D eigenvalue weighted by atomic mass is 9.71. The van der Waals surface area contributed by atoms with Crippen LogP contribution in [0.2, 0.25) is 0 Å². The topological polar surface area (TPSA) is 46.2 Å². The highest BCUT2D eigenvalue weighted by atomic mass is 28.4. The molecule has 0 saturated carbocycles. The van der Waals surface area contributed by atoms with Crippen molar-refractivity contribution in [3.63, 3.8) is 0 Å². The van der Waals surface area contributed by atoms with Crippen molar-refractivity contribution in [2.75, 3.05) is 0 Å². The van der Waals surface area contributed by atoms with Gasteiger partial charge in [-0.2, -0.15) is 0 Å². The Morgan fingerprint density at radius 1 is 0.465 bits per heavy atom. The summed E-state index contributed by atoms with van der Waals surface area (Å²) in [5.41, 5.74) is 2.63. The van der Waals surface area contributed by atoms with Crippen LogP contribution in [0.25, 0.3) is 0 Å². The van der Waals surface area contributed by atoms with Gasteiger partial charge in [0.05, 0.1) is 5.60 Å². The van der Waals surface area contributed by atoms with E-state index in [2.05, 4.69) is 36.4 Å².